The number of nitrogens with zero attached hydrogens (tertiary/aromatic N) is 2. The summed E-state index contributed by atoms with van der Waals surface area (Å²) in [5.74, 6) is 0.989. The predicted molar refractivity (Wildman–Crippen MR) is 109 cm³/mol. The molecule has 4 nitrogen and oxygen atoms in total. The monoisotopic (exact) mass is 368 g/mol. The number of hydrogen-bond acceptors (Lipinski definition) is 2. The van der Waals surface area contributed by atoms with Crippen molar-refractivity contribution in [2.24, 2.45) is 0 Å². The van der Waals surface area contributed by atoms with E-state index in [-0.39, 0.29) is 11.9 Å². The minimum absolute atomic E-state index is 0.135. The Morgan fingerprint density at radius 1 is 1.07 bits per heavy atom. The number of ether oxygens (including phenoxy) is 1. The third kappa shape index (κ3) is 5.62. The lowest BCUT2D eigenvalue weighted by Gasteiger charge is -2.25. The van der Waals surface area contributed by atoms with Crippen molar-refractivity contribution in [3.05, 3.63) is 54.4 Å². The predicted octanol–water partition coefficient (Wildman–Crippen LogP) is 5.14. The fourth-order valence-corrected chi connectivity index (χ4v) is 3.78. The van der Waals surface area contributed by atoms with E-state index in [0.29, 0.717) is 0 Å². The highest BCUT2D eigenvalue weighted by molar-refractivity contribution is 5.94. The van der Waals surface area contributed by atoms with Gasteiger partial charge in [0.1, 0.15) is 5.75 Å². The fourth-order valence-electron chi connectivity index (χ4n) is 3.78. The van der Waals surface area contributed by atoms with Crippen LogP contribution in [0.3, 0.4) is 0 Å². The first-order chi connectivity index (χ1) is 13.3. The number of likely N-dealkylation sites (tertiary alicyclic amines) is 1. The number of amides is 1. The number of hydrogen-bond donors (Lipinski definition) is 0. The Hall–Kier alpha value is -2.23. The van der Waals surface area contributed by atoms with E-state index in [1.807, 2.05) is 41.3 Å². The zero-order valence-corrected chi connectivity index (χ0v) is 16.5. The van der Waals surface area contributed by atoms with Gasteiger partial charge in [-0.15, -0.1) is 0 Å². The van der Waals surface area contributed by atoms with Gasteiger partial charge in [0.2, 0.25) is 0 Å². The van der Waals surface area contributed by atoms with Gasteiger partial charge in [-0.25, -0.2) is 0 Å². The summed E-state index contributed by atoms with van der Waals surface area (Å²) in [7, 11) is 0. The molecule has 1 atom stereocenters. The van der Waals surface area contributed by atoms with Crippen LogP contribution in [0.2, 0.25) is 0 Å². The molecular weight excluding hydrogens is 336 g/mol. The van der Waals surface area contributed by atoms with E-state index < -0.39 is 0 Å². The number of carbonyl (C=O) groups is 1. The van der Waals surface area contributed by atoms with Crippen molar-refractivity contribution in [3.8, 4) is 5.75 Å². The molecule has 0 radical (unpaired) electrons. The van der Waals surface area contributed by atoms with Crippen LogP contribution in [0, 0.1) is 0 Å². The molecule has 1 aliphatic heterocycles. The highest BCUT2D eigenvalue weighted by Gasteiger charge is 2.29. The first-order valence-corrected chi connectivity index (χ1v) is 10.4. The van der Waals surface area contributed by atoms with E-state index >= 15 is 0 Å². The summed E-state index contributed by atoms with van der Waals surface area (Å²) in [6.45, 7) is 4.70. The number of aromatic nitrogens is 1. The SMILES string of the molecule is CCCCCCCOc1ccc(C(=O)N2CCC[C@H]2Cn2cccc2)cc1. The minimum Gasteiger partial charge on any atom is -0.494 e. The van der Waals surface area contributed by atoms with Crippen molar-refractivity contribution < 1.29 is 9.53 Å². The second kappa shape index (κ2) is 10.2. The molecule has 1 aliphatic rings. The second-order valence-electron chi connectivity index (χ2n) is 7.46. The molecule has 0 spiro atoms. The van der Waals surface area contributed by atoms with Crippen molar-refractivity contribution in [2.45, 2.75) is 64.5 Å². The van der Waals surface area contributed by atoms with Crippen molar-refractivity contribution in [1.29, 1.82) is 0 Å². The Labute approximate surface area is 163 Å². The van der Waals surface area contributed by atoms with E-state index in [4.69, 9.17) is 4.74 Å². The topological polar surface area (TPSA) is 34.5 Å². The van der Waals surface area contributed by atoms with Crippen LogP contribution in [-0.4, -0.2) is 34.6 Å². The number of benzene rings is 1. The maximum atomic E-state index is 12.9. The van der Waals surface area contributed by atoms with Gasteiger partial charge in [0, 0.05) is 37.1 Å². The molecule has 1 saturated heterocycles. The summed E-state index contributed by atoms with van der Waals surface area (Å²) in [5, 5.41) is 0. The van der Waals surface area contributed by atoms with E-state index in [1.165, 1.54) is 25.7 Å². The van der Waals surface area contributed by atoms with Gasteiger partial charge in [-0.05, 0) is 55.7 Å². The molecule has 2 aromatic rings. The van der Waals surface area contributed by atoms with Crippen molar-refractivity contribution in [3.63, 3.8) is 0 Å². The lowest BCUT2D eigenvalue weighted by atomic mass is 10.1. The van der Waals surface area contributed by atoms with Crippen LogP contribution in [0.5, 0.6) is 5.75 Å². The third-order valence-electron chi connectivity index (χ3n) is 5.34. The zero-order chi connectivity index (χ0) is 18.9. The molecule has 1 aromatic heterocycles. The van der Waals surface area contributed by atoms with E-state index in [1.54, 1.807) is 0 Å². The quantitative estimate of drug-likeness (QED) is 0.544. The lowest BCUT2D eigenvalue weighted by molar-refractivity contribution is 0.0724. The second-order valence-corrected chi connectivity index (χ2v) is 7.46. The molecule has 0 bridgehead atoms. The largest absolute Gasteiger partial charge is 0.494 e. The molecule has 1 amide bonds. The Morgan fingerprint density at radius 3 is 2.56 bits per heavy atom. The van der Waals surface area contributed by atoms with Crippen LogP contribution in [0.25, 0.3) is 0 Å². The number of carbonyl (C=O) groups excluding carboxylic acids is 1. The molecule has 0 saturated carbocycles. The molecule has 1 fully saturated rings. The van der Waals surface area contributed by atoms with Crippen molar-refractivity contribution in [2.75, 3.05) is 13.2 Å². The van der Waals surface area contributed by atoms with Gasteiger partial charge in [0.25, 0.3) is 5.91 Å². The lowest BCUT2D eigenvalue weighted by Crippen LogP contribution is -2.37. The average Bonchev–Trinajstić information content (AvgIpc) is 3.37. The molecule has 3 rings (SSSR count). The van der Waals surface area contributed by atoms with Crippen LogP contribution >= 0.6 is 0 Å². The fraction of sp³-hybridized carbons (Fsp3) is 0.522. The summed E-state index contributed by atoms with van der Waals surface area (Å²) in [4.78, 5) is 15.0. The van der Waals surface area contributed by atoms with Crippen molar-refractivity contribution >= 4 is 5.91 Å². The molecular formula is C23H32N2O2. The highest BCUT2D eigenvalue weighted by atomic mass is 16.5. The molecule has 27 heavy (non-hydrogen) atoms. The molecule has 0 N–H and O–H groups in total. The van der Waals surface area contributed by atoms with Crippen LogP contribution < -0.4 is 4.74 Å². The van der Waals surface area contributed by atoms with Gasteiger partial charge >= 0.3 is 0 Å². The van der Waals surface area contributed by atoms with E-state index in [0.717, 1.165) is 50.3 Å². The molecule has 146 valence electrons. The number of unbranched alkanes of at least 4 members (excludes halogenated alkanes) is 4. The Balaban J connectivity index is 1.49. The van der Waals surface area contributed by atoms with Gasteiger partial charge < -0.3 is 14.2 Å². The van der Waals surface area contributed by atoms with Crippen LogP contribution in [0.1, 0.15) is 62.2 Å². The first kappa shape index (κ1) is 19.5. The van der Waals surface area contributed by atoms with Gasteiger partial charge in [-0.2, -0.15) is 0 Å². The van der Waals surface area contributed by atoms with Crippen LogP contribution in [0.4, 0.5) is 0 Å². The molecule has 0 unspecified atom stereocenters. The minimum atomic E-state index is 0.135. The number of rotatable bonds is 10. The standard InChI is InChI=1S/C23H32N2O2/c1-2-3-4-5-8-18-27-22-13-11-20(12-14-22)23(26)25-17-9-10-21(25)19-24-15-6-7-16-24/h6-7,11-16,21H,2-5,8-10,17-19H2,1H3/t21-/m0/s1. The summed E-state index contributed by atoms with van der Waals surface area (Å²) >= 11 is 0. The van der Waals surface area contributed by atoms with E-state index in [9.17, 15) is 4.79 Å². The maximum absolute atomic E-state index is 12.9. The zero-order valence-electron chi connectivity index (χ0n) is 16.5. The summed E-state index contributed by atoms with van der Waals surface area (Å²) < 4.78 is 7.97. The smallest absolute Gasteiger partial charge is 0.254 e. The highest BCUT2D eigenvalue weighted by Crippen LogP contribution is 2.23. The summed E-state index contributed by atoms with van der Waals surface area (Å²) in [6, 6.07) is 12.0. The maximum Gasteiger partial charge on any atom is 0.254 e. The van der Waals surface area contributed by atoms with Gasteiger partial charge in [0.05, 0.1) is 6.61 Å². The molecule has 2 heterocycles. The van der Waals surface area contributed by atoms with Gasteiger partial charge in [0.15, 0.2) is 0 Å². The Kier molecular flexibility index (Phi) is 7.37. The van der Waals surface area contributed by atoms with Crippen molar-refractivity contribution in [1.82, 2.24) is 9.47 Å². The normalized spacial score (nSPS) is 16.6. The first-order valence-electron chi connectivity index (χ1n) is 10.4. The Bertz CT molecular complexity index is 679. The van der Waals surface area contributed by atoms with E-state index in [2.05, 4.69) is 23.9 Å². The molecule has 0 aliphatic carbocycles. The van der Waals surface area contributed by atoms with Gasteiger partial charge in [-0.3, -0.25) is 4.79 Å². The van der Waals surface area contributed by atoms with Crippen LogP contribution in [0.15, 0.2) is 48.8 Å². The summed E-state index contributed by atoms with van der Waals surface area (Å²) in [5.41, 5.74) is 0.754. The third-order valence-corrected chi connectivity index (χ3v) is 5.34. The molecule has 4 heteroatoms. The molecule has 1 aromatic carbocycles. The Morgan fingerprint density at radius 2 is 1.81 bits per heavy atom. The van der Waals surface area contributed by atoms with Gasteiger partial charge in [-0.1, -0.05) is 32.6 Å². The summed E-state index contributed by atoms with van der Waals surface area (Å²) in [6.07, 6.45) is 12.5. The van der Waals surface area contributed by atoms with Crippen LogP contribution in [-0.2, 0) is 6.54 Å². The average molecular weight is 369 g/mol.